The quantitative estimate of drug-likeness (QED) is 0.844. The average molecular weight is 328 g/mol. The Labute approximate surface area is 134 Å². The van der Waals surface area contributed by atoms with Crippen molar-refractivity contribution in [3.8, 4) is 5.75 Å². The molecule has 2 amide bonds. The van der Waals surface area contributed by atoms with Gasteiger partial charge in [0.15, 0.2) is 17.4 Å². The van der Waals surface area contributed by atoms with Gasteiger partial charge in [-0.2, -0.15) is 0 Å². The molecule has 0 aromatic heterocycles. The zero-order valence-electron chi connectivity index (χ0n) is 13.3. The minimum atomic E-state index is -0.781. The Bertz CT molecular complexity index is 565. The molecule has 0 heterocycles. The third-order valence-electron chi connectivity index (χ3n) is 4.22. The second-order valence-corrected chi connectivity index (χ2v) is 5.88. The molecule has 1 aromatic rings. The number of nitrogens with zero attached hydrogens (tertiary/aromatic N) is 1. The Kier molecular flexibility index (Phi) is 5.76. The molecule has 0 aliphatic heterocycles. The summed E-state index contributed by atoms with van der Waals surface area (Å²) in [4.78, 5) is 13.9. The van der Waals surface area contributed by atoms with Crippen LogP contribution in [0, 0.1) is 17.6 Å². The second kappa shape index (κ2) is 7.59. The third-order valence-corrected chi connectivity index (χ3v) is 4.22. The van der Waals surface area contributed by atoms with E-state index in [1.54, 1.807) is 6.92 Å². The number of methoxy groups -OCH3 is 1. The molecule has 1 aliphatic rings. The number of rotatable bonds is 6. The van der Waals surface area contributed by atoms with Crippen LogP contribution in [0.5, 0.6) is 5.75 Å². The molecule has 0 spiro atoms. The van der Waals surface area contributed by atoms with Crippen LogP contribution in [0.25, 0.3) is 0 Å². The lowest BCUT2D eigenvalue weighted by atomic mass is 9.85. The molecule has 2 N–H and O–H groups in total. The first-order valence-corrected chi connectivity index (χ1v) is 7.67. The number of aliphatic hydroxyl groups is 1. The van der Waals surface area contributed by atoms with Crippen molar-refractivity contribution in [3.05, 3.63) is 23.8 Å². The molecule has 5 nitrogen and oxygen atoms in total. The van der Waals surface area contributed by atoms with Crippen molar-refractivity contribution >= 4 is 11.7 Å². The number of halogens is 2. The van der Waals surface area contributed by atoms with Crippen molar-refractivity contribution in [2.75, 3.05) is 25.6 Å². The molecule has 0 bridgehead atoms. The number of anilines is 1. The number of carbonyl (C=O) groups is 1. The van der Waals surface area contributed by atoms with Crippen LogP contribution in [0.4, 0.5) is 19.3 Å². The fraction of sp³-hybridized carbons (Fsp3) is 0.562. The molecule has 1 atom stereocenters. The van der Waals surface area contributed by atoms with Crippen molar-refractivity contribution in [1.82, 2.24) is 4.90 Å². The third kappa shape index (κ3) is 4.10. The zero-order chi connectivity index (χ0) is 17.0. The van der Waals surface area contributed by atoms with Crippen LogP contribution in [0.1, 0.15) is 26.2 Å². The van der Waals surface area contributed by atoms with Gasteiger partial charge in [-0.1, -0.05) is 6.42 Å². The topological polar surface area (TPSA) is 61.8 Å². The van der Waals surface area contributed by atoms with Crippen LogP contribution in [0.2, 0.25) is 0 Å². The van der Waals surface area contributed by atoms with Crippen molar-refractivity contribution in [1.29, 1.82) is 0 Å². The van der Waals surface area contributed by atoms with E-state index in [4.69, 9.17) is 4.74 Å². The van der Waals surface area contributed by atoms with Gasteiger partial charge in [0.1, 0.15) is 0 Å². The largest absolute Gasteiger partial charge is 0.494 e. The Hall–Kier alpha value is -1.89. The molecule has 1 saturated carbocycles. The van der Waals surface area contributed by atoms with E-state index in [-0.39, 0.29) is 18.0 Å². The highest BCUT2D eigenvalue weighted by atomic mass is 19.1. The maximum atomic E-state index is 13.9. The summed E-state index contributed by atoms with van der Waals surface area (Å²) in [6.07, 6.45) is 3.20. The van der Waals surface area contributed by atoms with Crippen LogP contribution < -0.4 is 10.1 Å². The summed E-state index contributed by atoms with van der Waals surface area (Å²) in [5, 5.41) is 11.7. The molecule has 7 heteroatoms. The van der Waals surface area contributed by atoms with Crippen LogP contribution in [-0.4, -0.2) is 42.3 Å². The van der Waals surface area contributed by atoms with Gasteiger partial charge in [0.2, 0.25) is 0 Å². The van der Waals surface area contributed by atoms with E-state index in [2.05, 4.69) is 5.32 Å². The summed E-state index contributed by atoms with van der Waals surface area (Å²) in [7, 11) is 1.24. The van der Waals surface area contributed by atoms with E-state index in [1.807, 2.05) is 0 Å². The Morgan fingerprint density at radius 1 is 1.43 bits per heavy atom. The van der Waals surface area contributed by atoms with Crippen LogP contribution in [-0.2, 0) is 0 Å². The predicted octanol–water partition coefficient (Wildman–Crippen LogP) is 2.99. The van der Waals surface area contributed by atoms with Crippen LogP contribution >= 0.6 is 0 Å². The summed E-state index contributed by atoms with van der Waals surface area (Å²) in [6, 6.07) is 0.817. The standard InChI is InChI=1S/C16H22F2N2O3/c1-10(9-21)20(8-11-4-3-5-11)16(22)19-14-6-13(18)15(23-2)7-12(14)17/h6-7,10-11,21H,3-5,8-9H2,1-2H3,(H,19,22)/t10-/m0/s1. The number of urea groups is 1. The van der Waals surface area contributed by atoms with Gasteiger partial charge in [-0.05, 0) is 25.7 Å². The first-order valence-electron chi connectivity index (χ1n) is 7.67. The minimum absolute atomic E-state index is 0.195. The van der Waals surface area contributed by atoms with Crippen molar-refractivity contribution < 1.29 is 23.4 Å². The molecule has 1 fully saturated rings. The first kappa shape index (κ1) is 17.5. The number of carbonyl (C=O) groups excluding carboxylic acids is 1. The smallest absolute Gasteiger partial charge is 0.322 e. The fourth-order valence-electron chi connectivity index (χ4n) is 2.48. The lowest BCUT2D eigenvalue weighted by Gasteiger charge is -2.35. The second-order valence-electron chi connectivity index (χ2n) is 5.88. The van der Waals surface area contributed by atoms with E-state index >= 15 is 0 Å². The highest BCUT2D eigenvalue weighted by Gasteiger charge is 2.27. The number of amides is 2. The van der Waals surface area contributed by atoms with Gasteiger partial charge in [0.25, 0.3) is 0 Å². The number of hydrogen-bond acceptors (Lipinski definition) is 3. The van der Waals surface area contributed by atoms with Gasteiger partial charge in [-0.15, -0.1) is 0 Å². The number of nitrogens with one attached hydrogen (secondary N) is 1. The molecule has 2 rings (SSSR count). The minimum Gasteiger partial charge on any atom is -0.494 e. The molecule has 0 saturated heterocycles. The van der Waals surface area contributed by atoms with Gasteiger partial charge >= 0.3 is 6.03 Å². The van der Waals surface area contributed by atoms with Gasteiger partial charge < -0.3 is 20.1 Å². The van der Waals surface area contributed by atoms with E-state index in [1.165, 1.54) is 12.0 Å². The highest BCUT2D eigenvalue weighted by molar-refractivity contribution is 5.89. The summed E-state index contributed by atoms with van der Waals surface area (Å²) in [6.45, 7) is 2.01. The van der Waals surface area contributed by atoms with E-state index in [9.17, 15) is 18.7 Å². The van der Waals surface area contributed by atoms with E-state index < -0.39 is 23.7 Å². The lowest BCUT2D eigenvalue weighted by Crippen LogP contribution is -2.46. The number of benzene rings is 1. The normalized spacial score (nSPS) is 15.7. The summed E-state index contributed by atoms with van der Waals surface area (Å²) in [5.74, 6) is -1.37. The molecular weight excluding hydrogens is 306 g/mol. The molecule has 0 radical (unpaired) electrons. The monoisotopic (exact) mass is 328 g/mol. The lowest BCUT2D eigenvalue weighted by molar-refractivity contribution is 0.121. The molecule has 23 heavy (non-hydrogen) atoms. The maximum Gasteiger partial charge on any atom is 0.322 e. The molecule has 1 aliphatic carbocycles. The van der Waals surface area contributed by atoms with Crippen LogP contribution in [0.3, 0.4) is 0 Å². The Balaban J connectivity index is 2.12. The maximum absolute atomic E-state index is 13.9. The molecule has 0 unspecified atom stereocenters. The number of hydrogen-bond donors (Lipinski definition) is 2. The Morgan fingerprint density at radius 3 is 2.65 bits per heavy atom. The van der Waals surface area contributed by atoms with Gasteiger partial charge in [0, 0.05) is 18.7 Å². The molecular formula is C16H22F2N2O3. The number of aliphatic hydroxyl groups excluding tert-OH is 1. The zero-order valence-corrected chi connectivity index (χ0v) is 13.3. The van der Waals surface area contributed by atoms with Gasteiger partial charge in [-0.25, -0.2) is 13.6 Å². The average Bonchev–Trinajstić information content (AvgIpc) is 2.48. The SMILES string of the molecule is COc1cc(F)c(NC(=O)N(CC2CCC2)[C@@H](C)CO)cc1F. The van der Waals surface area contributed by atoms with Crippen molar-refractivity contribution in [3.63, 3.8) is 0 Å². The first-order chi connectivity index (χ1) is 11.0. The van der Waals surface area contributed by atoms with E-state index in [0.717, 1.165) is 31.4 Å². The van der Waals surface area contributed by atoms with Crippen molar-refractivity contribution in [2.24, 2.45) is 5.92 Å². The fourth-order valence-corrected chi connectivity index (χ4v) is 2.48. The van der Waals surface area contributed by atoms with Crippen LogP contribution in [0.15, 0.2) is 12.1 Å². The Morgan fingerprint density at radius 2 is 2.13 bits per heavy atom. The summed E-state index contributed by atoms with van der Waals surface area (Å²) in [5.41, 5.74) is -0.253. The number of ether oxygens (including phenoxy) is 1. The van der Waals surface area contributed by atoms with E-state index in [0.29, 0.717) is 12.5 Å². The summed E-state index contributed by atoms with van der Waals surface area (Å²) < 4.78 is 32.3. The molecule has 128 valence electrons. The van der Waals surface area contributed by atoms with Crippen molar-refractivity contribution in [2.45, 2.75) is 32.2 Å². The predicted molar refractivity (Wildman–Crippen MR) is 82.5 cm³/mol. The summed E-state index contributed by atoms with van der Waals surface area (Å²) >= 11 is 0. The molecule has 1 aromatic carbocycles. The van der Waals surface area contributed by atoms with Gasteiger partial charge in [-0.3, -0.25) is 0 Å². The highest BCUT2D eigenvalue weighted by Crippen LogP contribution is 2.29. The van der Waals surface area contributed by atoms with Gasteiger partial charge in [0.05, 0.1) is 25.4 Å².